The zero-order valence-electron chi connectivity index (χ0n) is 15.1. The Hall–Kier alpha value is -2.57. The van der Waals surface area contributed by atoms with Crippen LogP contribution in [0.25, 0.3) is 0 Å². The number of likely N-dealkylation sites (tertiary alicyclic amines) is 1. The first kappa shape index (κ1) is 17.3. The van der Waals surface area contributed by atoms with Crippen LogP contribution in [0.3, 0.4) is 0 Å². The first-order valence-electron chi connectivity index (χ1n) is 8.50. The number of ether oxygens (including phenoxy) is 1. The number of carbonyl (C=O) groups is 1. The van der Waals surface area contributed by atoms with Crippen molar-refractivity contribution < 1.29 is 14.1 Å². The van der Waals surface area contributed by atoms with Gasteiger partial charge in [0.15, 0.2) is 17.3 Å². The van der Waals surface area contributed by atoms with Crippen LogP contribution in [-0.4, -0.2) is 54.2 Å². The molecule has 7 heteroatoms. The molecule has 1 saturated heterocycles. The minimum absolute atomic E-state index is 0.0525. The maximum atomic E-state index is 12.6. The van der Waals surface area contributed by atoms with Crippen molar-refractivity contribution in [3.05, 3.63) is 35.9 Å². The fraction of sp³-hybridized carbons (Fsp3) is 0.500. The van der Waals surface area contributed by atoms with E-state index < -0.39 is 0 Å². The first-order chi connectivity index (χ1) is 12.0. The van der Waals surface area contributed by atoms with Gasteiger partial charge >= 0.3 is 0 Å². The van der Waals surface area contributed by atoms with Gasteiger partial charge in [0, 0.05) is 45.2 Å². The lowest BCUT2D eigenvalue weighted by Gasteiger charge is -2.20. The lowest BCUT2D eigenvalue weighted by atomic mass is 10.1. The smallest absolute Gasteiger partial charge is 0.276 e. The highest BCUT2D eigenvalue weighted by molar-refractivity contribution is 5.92. The second kappa shape index (κ2) is 7.13. The number of amides is 1. The van der Waals surface area contributed by atoms with Crippen LogP contribution in [0.1, 0.15) is 42.4 Å². The average molecular weight is 344 g/mol. The van der Waals surface area contributed by atoms with E-state index in [0.29, 0.717) is 18.8 Å². The molecule has 1 fully saturated rings. The van der Waals surface area contributed by atoms with Gasteiger partial charge in [-0.05, 0) is 12.1 Å². The van der Waals surface area contributed by atoms with Gasteiger partial charge in [-0.1, -0.05) is 19.0 Å². The van der Waals surface area contributed by atoms with E-state index in [0.717, 1.165) is 23.7 Å². The molecule has 0 saturated carbocycles. The molecule has 1 unspecified atom stereocenters. The molecule has 0 bridgehead atoms. The van der Waals surface area contributed by atoms with Gasteiger partial charge in [0.2, 0.25) is 0 Å². The van der Waals surface area contributed by atoms with Crippen LogP contribution in [0.5, 0.6) is 5.75 Å². The van der Waals surface area contributed by atoms with Gasteiger partial charge in [-0.3, -0.25) is 4.79 Å². The Morgan fingerprint density at radius 1 is 1.44 bits per heavy atom. The molecular weight excluding hydrogens is 320 g/mol. The number of pyridine rings is 1. The predicted octanol–water partition coefficient (Wildman–Crippen LogP) is 2.55. The zero-order chi connectivity index (χ0) is 18.0. The van der Waals surface area contributed by atoms with Crippen LogP contribution >= 0.6 is 0 Å². The molecule has 2 aromatic heterocycles. The van der Waals surface area contributed by atoms with E-state index >= 15 is 0 Å². The van der Waals surface area contributed by atoms with Crippen LogP contribution < -0.4 is 9.64 Å². The fourth-order valence-corrected chi connectivity index (χ4v) is 2.82. The number of carbonyl (C=O) groups excluding carboxylic acids is 1. The van der Waals surface area contributed by atoms with E-state index in [1.165, 1.54) is 0 Å². The highest BCUT2D eigenvalue weighted by atomic mass is 16.5. The molecule has 3 rings (SSSR count). The Bertz CT molecular complexity index is 741. The van der Waals surface area contributed by atoms with E-state index in [4.69, 9.17) is 9.26 Å². The van der Waals surface area contributed by atoms with Crippen LogP contribution in [0, 0.1) is 0 Å². The normalized spacial score (nSPS) is 17.2. The maximum Gasteiger partial charge on any atom is 0.276 e. The quantitative estimate of drug-likeness (QED) is 0.830. The second-order valence-corrected chi connectivity index (χ2v) is 6.77. The third kappa shape index (κ3) is 3.75. The van der Waals surface area contributed by atoms with E-state index in [1.807, 2.05) is 45.0 Å². The largest absolute Gasteiger partial charge is 0.485 e. The summed E-state index contributed by atoms with van der Waals surface area (Å²) in [6, 6.07) is 5.48. The SMILES string of the molecule is CC(C)c1cc(C(=O)N2CCC(Oc3cccnc3N(C)C)C2)no1. The lowest BCUT2D eigenvalue weighted by Crippen LogP contribution is -2.31. The highest BCUT2D eigenvalue weighted by Gasteiger charge is 2.30. The van der Waals surface area contributed by atoms with Gasteiger partial charge in [-0.15, -0.1) is 0 Å². The highest BCUT2D eigenvalue weighted by Crippen LogP contribution is 2.27. The van der Waals surface area contributed by atoms with E-state index in [2.05, 4.69) is 10.1 Å². The van der Waals surface area contributed by atoms with Crippen LogP contribution in [0.4, 0.5) is 5.82 Å². The third-order valence-electron chi connectivity index (χ3n) is 4.22. The summed E-state index contributed by atoms with van der Waals surface area (Å²) in [4.78, 5) is 20.6. The monoisotopic (exact) mass is 344 g/mol. The Kier molecular flexibility index (Phi) is 4.92. The van der Waals surface area contributed by atoms with Crippen molar-refractivity contribution in [3.8, 4) is 5.75 Å². The van der Waals surface area contributed by atoms with Crippen LogP contribution in [0.15, 0.2) is 28.9 Å². The maximum absolute atomic E-state index is 12.6. The minimum Gasteiger partial charge on any atom is -0.485 e. The Morgan fingerprint density at radius 3 is 2.92 bits per heavy atom. The number of aromatic nitrogens is 2. The van der Waals surface area contributed by atoms with E-state index in [-0.39, 0.29) is 17.9 Å². The van der Waals surface area contributed by atoms with Crippen molar-refractivity contribution in [3.63, 3.8) is 0 Å². The first-order valence-corrected chi connectivity index (χ1v) is 8.50. The predicted molar refractivity (Wildman–Crippen MR) is 94.1 cm³/mol. The molecule has 0 aromatic carbocycles. The number of anilines is 1. The molecule has 0 radical (unpaired) electrons. The summed E-state index contributed by atoms with van der Waals surface area (Å²) in [5.41, 5.74) is 0.361. The topological polar surface area (TPSA) is 71.7 Å². The molecule has 0 N–H and O–H groups in total. The summed E-state index contributed by atoms with van der Waals surface area (Å²) < 4.78 is 11.3. The van der Waals surface area contributed by atoms with Crippen molar-refractivity contribution >= 4 is 11.7 Å². The summed E-state index contributed by atoms with van der Waals surface area (Å²) in [6.45, 7) is 5.19. The standard InChI is InChI=1S/C18H24N4O3/c1-12(2)16-10-14(20-25-16)18(23)22-9-7-13(11-22)24-15-6-5-8-19-17(15)21(3)4/h5-6,8,10,12-13H,7,9,11H2,1-4H3. The zero-order valence-corrected chi connectivity index (χ0v) is 15.1. The minimum atomic E-state index is -0.110. The van der Waals surface area contributed by atoms with E-state index in [1.54, 1.807) is 17.2 Å². The molecule has 2 aromatic rings. The van der Waals surface area contributed by atoms with E-state index in [9.17, 15) is 4.79 Å². The number of hydrogen-bond acceptors (Lipinski definition) is 6. The molecule has 134 valence electrons. The Morgan fingerprint density at radius 2 is 2.24 bits per heavy atom. The van der Waals surface area contributed by atoms with Crippen molar-refractivity contribution in [2.45, 2.75) is 32.3 Å². The molecule has 0 spiro atoms. The molecule has 0 aliphatic carbocycles. The fourth-order valence-electron chi connectivity index (χ4n) is 2.82. The molecule has 1 atom stereocenters. The van der Waals surface area contributed by atoms with Crippen molar-refractivity contribution in [2.24, 2.45) is 0 Å². The van der Waals surface area contributed by atoms with Crippen LogP contribution in [0.2, 0.25) is 0 Å². The van der Waals surface area contributed by atoms with Gasteiger partial charge in [-0.2, -0.15) is 0 Å². The van der Waals surface area contributed by atoms with Crippen molar-refractivity contribution in [1.29, 1.82) is 0 Å². The molecule has 7 nitrogen and oxygen atoms in total. The van der Waals surface area contributed by atoms with Gasteiger partial charge < -0.3 is 19.1 Å². The Labute approximate surface area is 147 Å². The molecule has 3 heterocycles. The summed E-state index contributed by atoms with van der Waals surface area (Å²) in [5.74, 6) is 2.33. The van der Waals surface area contributed by atoms with Crippen LogP contribution in [-0.2, 0) is 0 Å². The number of rotatable bonds is 5. The summed E-state index contributed by atoms with van der Waals surface area (Å²) in [7, 11) is 3.85. The van der Waals surface area contributed by atoms with Crippen molar-refractivity contribution in [1.82, 2.24) is 15.0 Å². The number of hydrogen-bond donors (Lipinski definition) is 0. The van der Waals surface area contributed by atoms with Gasteiger partial charge in [0.25, 0.3) is 5.91 Å². The molecule has 1 aliphatic rings. The average Bonchev–Trinajstić information content (AvgIpc) is 3.24. The molecular formula is C18H24N4O3. The number of nitrogens with zero attached hydrogens (tertiary/aromatic N) is 4. The lowest BCUT2D eigenvalue weighted by molar-refractivity contribution is 0.0762. The molecule has 1 amide bonds. The second-order valence-electron chi connectivity index (χ2n) is 6.77. The summed E-state index contributed by atoms with van der Waals surface area (Å²) in [6.07, 6.45) is 2.47. The van der Waals surface area contributed by atoms with Gasteiger partial charge in [-0.25, -0.2) is 4.98 Å². The summed E-state index contributed by atoms with van der Waals surface area (Å²) in [5, 5.41) is 3.90. The summed E-state index contributed by atoms with van der Waals surface area (Å²) >= 11 is 0. The van der Waals surface area contributed by atoms with Crippen molar-refractivity contribution in [2.75, 3.05) is 32.1 Å². The Balaban J connectivity index is 1.64. The van der Waals surface area contributed by atoms with Gasteiger partial charge in [0.05, 0.1) is 6.54 Å². The van der Waals surface area contributed by atoms with Gasteiger partial charge in [0.1, 0.15) is 11.9 Å². The third-order valence-corrected chi connectivity index (χ3v) is 4.22. The molecule has 25 heavy (non-hydrogen) atoms. The molecule has 1 aliphatic heterocycles.